The molecule has 0 atom stereocenters. The second kappa shape index (κ2) is 7.61. The van der Waals surface area contributed by atoms with E-state index in [2.05, 4.69) is 11.8 Å². The van der Waals surface area contributed by atoms with Crippen molar-refractivity contribution in [3.05, 3.63) is 0 Å². The van der Waals surface area contributed by atoms with Crippen LogP contribution in [0.2, 0.25) is 0 Å². The molecule has 0 spiro atoms. The summed E-state index contributed by atoms with van der Waals surface area (Å²) in [6.45, 7) is 11.9. The van der Waals surface area contributed by atoms with E-state index >= 15 is 0 Å². The molecule has 3 heteroatoms. The Hall–Kier alpha value is -0.120. The Bertz CT molecular complexity index is 245. The van der Waals surface area contributed by atoms with Crippen molar-refractivity contribution in [3.8, 4) is 0 Å². The molecule has 0 unspecified atom stereocenters. The highest BCUT2D eigenvalue weighted by Crippen LogP contribution is 2.49. The highest BCUT2D eigenvalue weighted by Gasteiger charge is 2.49. The number of ether oxygens (including phenoxy) is 2. The fourth-order valence-corrected chi connectivity index (χ4v) is 3.20. The van der Waals surface area contributed by atoms with Gasteiger partial charge in [-0.3, -0.25) is 0 Å². The first-order chi connectivity index (χ1) is 9.17. The van der Waals surface area contributed by atoms with Gasteiger partial charge in [-0.2, -0.15) is 0 Å². The van der Waals surface area contributed by atoms with Gasteiger partial charge in [0.1, 0.15) is 0 Å². The Balaban J connectivity index is 0.000000861. The molecule has 2 rings (SSSR count). The first kappa shape index (κ1) is 16.9. The van der Waals surface area contributed by atoms with E-state index in [1.54, 1.807) is 7.11 Å². The van der Waals surface area contributed by atoms with Crippen molar-refractivity contribution >= 4 is 0 Å². The Morgan fingerprint density at radius 3 is 2.05 bits per heavy atom. The molecule has 1 saturated carbocycles. The SMILES string of the molecule is CC.CCC1(CCOC)CN(CC2(COC)CC2)C1. The fourth-order valence-electron chi connectivity index (χ4n) is 3.20. The molecule has 1 heterocycles. The zero-order chi connectivity index (χ0) is 14.4. The van der Waals surface area contributed by atoms with E-state index in [0.717, 1.165) is 13.2 Å². The van der Waals surface area contributed by atoms with Crippen molar-refractivity contribution in [1.82, 2.24) is 4.90 Å². The van der Waals surface area contributed by atoms with Crippen LogP contribution in [-0.2, 0) is 9.47 Å². The summed E-state index contributed by atoms with van der Waals surface area (Å²) in [6, 6.07) is 0. The third-order valence-corrected chi connectivity index (χ3v) is 4.67. The summed E-state index contributed by atoms with van der Waals surface area (Å²) in [7, 11) is 3.63. The van der Waals surface area contributed by atoms with Gasteiger partial charge in [0.15, 0.2) is 0 Å². The van der Waals surface area contributed by atoms with E-state index in [9.17, 15) is 0 Å². The normalized spacial score (nSPS) is 23.2. The summed E-state index contributed by atoms with van der Waals surface area (Å²) < 4.78 is 10.6. The second-order valence-corrected chi connectivity index (χ2v) is 6.17. The molecule has 1 aliphatic carbocycles. The lowest BCUT2D eigenvalue weighted by molar-refractivity contribution is -0.0428. The molecule has 1 aliphatic heterocycles. The fraction of sp³-hybridized carbons (Fsp3) is 1.00. The third kappa shape index (κ3) is 4.44. The van der Waals surface area contributed by atoms with Crippen LogP contribution < -0.4 is 0 Å². The molecule has 3 nitrogen and oxygen atoms in total. The lowest BCUT2D eigenvalue weighted by Gasteiger charge is -2.51. The third-order valence-electron chi connectivity index (χ3n) is 4.67. The van der Waals surface area contributed by atoms with E-state index in [1.807, 2.05) is 21.0 Å². The monoisotopic (exact) mass is 271 g/mol. The maximum absolute atomic E-state index is 5.34. The molecule has 1 saturated heterocycles. The van der Waals surface area contributed by atoms with E-state index in [4.69, 9.17) is 9.47 Å². The molecule has 114 valence electrons. The van der Waals surface area contributed by atoms with Gasteiger partial charge in [-0.1, -0.05) is 20.8 Å². The molecule has 19 heavy (non-hydrogen) atoms. The highest BCUT2D eigenvalue weighted by molar-refractivity contribution is 5.01. The first-order valence-corrected chi connectivity index (χ1v) is 7.88. The van der Waals surface area contributed by atoms with Gasteiger partial charge in [0.25, 0.3) is 0 Å². The van der Waals surface area contributed by atoms with Gasteiger partial charge in [-0.15, -0.1) is 0 Å². The minimum absolute atomic E-state index is 0.510. The molecular formula is C16H33NO2. The smallest absolute Gasteiger partial charge is 0.0530 e. The van der Waals surface area contributed by atoms with Crippen molar-refractivity contribution in [2.75, 3.05) is 47.1 Å². The van der Waals surface area contributed by atoms with Gasteiger partial charge in [0.05, 0.1) is 6.61 Å². The first-order valence-electron chi connectivity index (χ1n) is 7.88. The predicted octanol–water partition coefficient (Wildman–Crippen LogP) is 3.19. The average molecular weight is 271 g/mol. The topological polar surface area (TPSA) is 21.7 Å². The van der Waals surface area contributed by atoms with Crippen molar-refractivity contribution in [1.29, 1.82) is 0 Å². The summed E-state index contributed by atoms with van der Waals surface area (Å²) in [4.78, 5) is 2.62. The maximum Gasteiger partial charge on any atom is 0.0530 e. The zero-order valence-corrected chi connectivity index (χ0v) is 13.6. The predicted molar refractivity (Wildman–Crippen MR) is 80.5 cm³/mol. The molecule has 0 aromatic heterocycles. The number of rotatable bonds is 8. The molecule has 0 radical (unpaired) electrons. The van der Waals surface area contributed by atoms with Crippen LogP contribution in [-0.4, -0.2) is 52.0 Å². The number of likely N-dealkylation sites (tertiary alicyclic amines) is 1. The van der Waals surface area contributed by atoms with Gasteiger partial charge in [-0.05, 0) is 31.1 Å². The summed E-state index contributed by atoms with van der Waals surface area (Å²) in [5.74, 6) is 0. The van der Waals surface area contributed by atoms with E-state index in [-0.39, 0.29) is 0 Å². The Morgan fingerprint density at radius 2 is 1.63 bits per heavy atom. The highest BCUT2D eigenvalue weighted by atomic mass is 16.5. The van der Waals surface area contributed by atoms with E-state index < -0.39 is 0 Å². The van der Waals surface area contributed by atoms with Crippen LogP contribution in [0.4, 0.5) is 0 Å². The standard InChI is InChI=1S/C14H27NO2.C2H6/c1-4-13(7-8-16-2)9-15(10-13)11-14(5-6-14)12-17-3;1-2/h4-12H2,1-3H3;1-2H3. The van der Waals surface area contributed by atoms with E-state index in [1.165, 1.54) is 45.3 Å². The Morgan fingerprint density at radius 1 is 1.00 bits per heavy atom. The summed E-state index contributed by atoms with van der Waals surface area (Å²) in [5.41, 5.74) is 1.05. The zero-order valence-electron chi connectivity index (χ0n) is 13.6. The quantitative estimate of drug-likeness (QED) is 0.677. The van der Waals surface area contributed by atoms with Crippen LogP contribution in [0.15, 0.2) is 0 Å². The van der Waals surface area contributed by atoms with E-state index in [0.29, 0.717) is 10.8 Å². The van der Waals surface area contributed by atoms with Crippen LogP contribution in [0.5, 0.6) is 0 Å². The number of hydrogen-bond acceptors (Lipinski definition) is 3. The molecule has 0 bridgehead atoms. The molecule has 0 N–H and O–H groups in total. The summed E-state index contributed by atoms with van der Waals surface area (Å²) in [6.07, 6.45) is 5.21. The Labute approximate surface area is 119 Å². The van der Waals surface area contributed by atoms with Gasteiger partial charge >= 0.3 is 0 Å². The second-order valence-electron chi connectivity index (χ2n) is 6.17. The molecule has 0 amide bonds. The van der Waals surface area contributed by atoms with Crippen LogP contribution in [0.3, 0.4) is 0 Å². The van der Waals surface area contributed by atoms with Crippen LogP contribution in [0.1, 0.15) is 46.5 Å². The number of nitrogens with zero attached hydrogens (tertiary/aromatic N) is 1. The lowest BCUT2D eigenvalue weighted by atomic mass is 9.74. The van der Waals surface area contributed by atoms with Crippen molar-refractivity contribution in [2.45, 2.75) is 46.5 Å². The maximum atomic E-state index is 5.34. The molecule has 0 aromatic carbocycles. The van der Waals surface area contributed by atoms with Gasteiger partial charge < -0.3 is 14.4 Å². The largest absolute Gasteiger partial charge is 0.385 e. The molecule has 2 fully saturated rings. The van der Waals surface area contributed by atoms with Crippen LogP contribution in [0.25, 0.3) is 0 Å². The van der Waals surface area contributed by atoms with Gasteiger partial charge in [0, 0.05) is 45.9 Å². The van der Waals surface area contributed by atoms with Crippen molar-refractivity contribution in [3.63, 3.8) is 0 Å². The van der Waals surface area contributed by atoms with Crippen molar-refractivity contribution in [2.24, 2.45) is 10.8 Å². The molecular weight excluding hydrogens is 238 g/mol. The minimum atomic E-state index is 0.510. The van der Waals surface area contributed by atoms with Crippen molar-refractivity contribution < 1.29 is 9.47 Å². The lowest BCUT2D eigenvalue weighted by Crippen LogP contribution is -2.58. The number of methoxy groups -OCH3 is 2. The van der Waals surface area contributed by atoms with Gasteiger partial charge in [-0.25, -0.2) is 0 Å². The number of hydrogen-bond donors (Lipinski definition) is 0. The van der Waals surface area contributed by atoms with Crippen LogP contribution >= 0.6 is 0 Å². The summed E-state index contributed by atoms with van der Waals surface area (Å²) >= 11 is 0. The summed E-state index contributed by atoms with van der Waals surface area (Å²) in [5, 5.41) is 0. The molecule has 2 aliphatic rings. The van der Waals surface area contributed by atoms with Crippen LogP contribution in [0, 0.1) is 10.8 Å². The molecule has 0 aromatic rings. The minimum Gasteiger partial charge on any atom is -0.385 e. The average Bonchev–Trinajstić information content (AvgIpc) is 3.15. The Kier molecular flexibility index (Phi) is 6.78. The van der Waals surface area contributed by atoms with Gasteiger partial charge in [0.2, 0.25) is 0 Å².